The summed E-state index contributed by atoms with van der Waals surface area (Å²) in [5.41, 5.74) is 2.30. The van der Waals surface area contributed by atoms with E-state index in [2.05, 4.69) is 38.4 Å². The Hall–Kier alpha value is -1.63. The van der Waals surface area contributed by atoms with E-state index in [4.69, 9.17) is 4.52 Å². The fraction of sp³-hybridized carbons (Fsp3) is 0.500. The maximum Gasteiger partial charge on any atom is 0.274 e. The molecular weight excluding hydrogens is 336 g/mol. The normalized spacial score (nSPS) is 17.6. The van der Waals surface area contributed by atoms with Gasteiger partial charge in [-0.2, -0.15) is 5.10 Å². The van der Waals surface area contributed by atoms with E-state index >= 15 is 0 Å². The average molecular weight is 353 g/mol. The van der Waals surface area contributed by atoms with Crippen LogP contribution < -0.4 is 5.32 Å². The van der Waals surface area contributed by atoms with Crippen molar-refractivity contribution in [3.05, 3.63) is 33.4 Å². The summed E-state index contributed by atoms with van der Waals surface area (Å²) in [7, 11) is 1.84. The molecule has 6 nitrogen and oxygen atoms in total. The number of fused-ring (bicyclic) bond motifs is 1. The Morgan fingerprint density at radius 2 is 2.43 bits per heavy atom. The third kappa shape index (κ3) is 2.74. The lowest BCUT2D eigenvalue weighted by Crippen LogP contribution is -2.26. The zero-order valence-electron chi connectivity index (χ0n) is 12.0. The lowest BCUT2D eigenvalue weighted by atomic mass is 9.88. The molecule has 21 heavy (non-hydrogen) atoms. The second kappa shape index (κ2) is 5.63. The molecule has 0 aliphatic heterocycles. The highest BCUT2D eigenvalue weighted by molar-refractivity contribution is 9.10. The van der Waals surface area contributed by atoms with Crippen molar-refractivity contribution >= 4 is 21.8 Å². The maximum absolute atomic E-state index is 12.3. The number of aryl methyl sites for hydroxylation is 2. The number of aromatic nitrogens is 3. The van der Waals surface area contributed by atoms with Crippen LogP contribution in [0, 0.1) is 5.92 Å². The average Bonchev–Trinajstić information content (AvgIpc) is 3.00. The largest absolute Gasteiger partial charge is 0.360 e. The minimum Gasteiger partial charge on any atom is -0.360 e. The van der Waals surface area contributed by atoms with Crippen LogP contribution in [-0.2, 0) is 26.4 Å². The molecule has 1 N–H and O–H groups in total. The zero-order chi connectivity index (χ0) is 15.0. The Labute approximate surface area is 131 Å². The van der Waals surface area contributed by atoms with Crippen molar-refractivity contribution in [1.29, 1.82) is 0 Å². The number of nitrogens with one attached hydrogen (secondary N) is 1. The van der Waals surface area contributed by atoms with Gasteiger partial charge < -0.3 is 9.84 Å². The van der Waals surface area contributed by atoms with Gasteiger partial charge in [0.2, 0.25) is 0 Å². The molecular formula is C14H17BrN4O2. The summed E-state index contributed by atoms with van der Waals surface area (Å²) in [4.78, 5) is 12.3. The number of carbonyl (C=O) groups is 1. The van der Waals surface area contributed by atoms with Crippen molar-refractivity contribution in [1.82, 2.24) is 20.3 Å². The van der Waals surface area contributed by atoms with Crippen molar-refractivity contribution in [3.8, 4) is 0 Å². The molecule has 2 aromatic rings. The number of nitrogens with zero attached hydrogens (tertiary/aromatic N) is 3. The van der Waals surface area contributed by atoms with Gasteiger partial charge >= 0.3 is 0 Å². The number of amides is 1. The molecule has 1 unspecified atom stereocenters. The summed E-state index contributed by atoms with van der Waals surface area (Å²) in [6.07, 6.45) is 4.52. The van der Waals surface area contributed by atoms with E-state index in [1.807, 2.05) is 7.05 Å². The molecule has 0 saturated heterocycles. The highest BCUT2D eigenvalue weighted by Gasteiger charge is 2.26. The molecule has 2 aromatic heterocycles. The Morgan fingerprint density at radius 3 is 3.14 bits per heavy atom. The second-order valence-corrected chi connectivity index (χ2v) is 6.38. The fourth-order valence-electron chi connectivity index (χ4n) is 2.64. The maximum atomic E-state index is 12.3. The summed E-state index contributed by atoms with van der Waals surface area (Å²) in [6, 6.07) is 0. The molecule has 0 fully saturated rings. The molecule has 0 radical (unpaired) electrons. The molecule has 1 aliphatic carbocycles. The molecule has 112 valence electrons. The molecule has 7 heteroatoms. The van der Waals surface area contributed by atoms with Gasteiger partial charge in [0.25, 0.3) is 5.91 Å². The number of hydrogen-bond acceptors (Lipinski definition) is 4. The quantitative estimate of drug-likeness (QED) is 0.919. The van der Waals surface area contributed by atoms with Crippen LogP contribution >= 0.6 is 15.9 Å². The Bertz CT molecular complexity index is 657. The Morgan fingerprint density at radius 1 is 1.62 bits per heavy atom. The van der Waals surface area contributed by atoms with Crippen LogP contribution in [-0.4, -0.2) is 20.8 Å². The standard InChI is InChI=1S/C14H17BrN4O2/c1-8-3-4-12-9(5-8)13(18-21-12)14(20)16-7-11-10(15)6-17-19(11)2/h6,8H,3-5,7H2,1-2H3,(H,16,20). The van der Waals surface area contributed by atoms with Gasteiger partial charge in [0, 0.05) is 19.0 Å². The molecule has 0 spiro atoms. The third-order valence-electron chi connectivity index (χ3n) is 3.93. The van der Waals surface area contributed by atoms with Crippen LogP contribution in [0.25, 0.3) is 0 Å². The smallest absolute Gasteiger partial charge is 0.274 e. The van der Waals surface area contributed by atoms with Gasteiger partial charge in [0.1, 0.15) is 5.76 Å². The van der Waals surface area contributed by atoms with Crippen LogP contribution in [0.4, 0.5) is 0 Å². The topological polar surface area (TPSA) is 73.0 Å². The SMILES string of the molecule is CC1CCc2onc(C(=O)NCc3c(Br)cnn3C)c2C1. The molecule has 1 amide bonds. The molecule has 2 heterocycles. The van der Waals surface area contributed by atoms with E-state index in [1.165, 1.54) is 0 Å². The first kappa shape index (κ1) is 14.3. The van der Waals surface area contributed by atoms with Gasteiger partial charge in [-0.1, -0.05) is 12.1 Å². The van der Waals surface area contributed by atoms with Crippen LogP contribution in [0.15, 0.2) is 15.2 Å². The van der Waals surface area contributed by atoms with Crippen molar-refractivity contribution < 1.29 is 9.32 Å². The highest BCUT2D eigenvalue weighted by Crippen LogP contribution is 2.27. The van der Waals surface area contributed by atoms with Crippen molar-refractivity contribution in [2.24, 2.45) is 13.0 Å². The van der Waals surface area contributed by atoms with Gasteiger partial charge in [-0.15, -0.1) is 0 Å². The van der Waals surface area contributed by atoms with E-state index in [9.17, 15) is 4.79 Å². The Balaban J connectivity index is 1.73. The summed E-state index contributed by atoms with van der Waals surface area (Å²) in [6.45, 7) is 2.58. The first-order chi connectivity index (χ1) is 10.1. The predicted octanol–water partition coefficient (Wildman–Crippen LogP) is 2.23. The lowest BCUT2D eigenvalue weighted by molar-refractivity contribution is 0.0940. The first-order valence-electron chi connectivity index (χ1n) is 6.98. The number of carbonyl (C=O) groups excluding carboxylic acids is 1. The number of rotatable bonds is 3. The molecule has 0 aromatic carbocycles. The third-order valence-corrected chi connectivity index (χ3v) is 4.59. The molecule has 3 rings (SSSR count). The minimum absolute atomic E-state index is 0.192. The number of halogens is 1. The fourth-order valence-corrected chi connectivity index (χ4v) is 3.13. The molecule has 0 bridgehead atoms. The monoisotopic (exact) mass is 352 g/mol. The summed E-state index contributed by atoms with van der Waals surface area (Å²) in [5, 5.41) is 11.0. The van der Waals surface area contributed by atoms with E-state index in [0.29, 0.717) is 18.2 Å². The predicted molar refractivity (Wildman–Crippen MR) is 79.8 cm³/mol. The second-order valence-electron chi connectivity index (χ2n) is 5.53. The molecule has 1 atom stereocenters. The number of hydrogen-bond donors (Lipinski definition) is 1. The van der Waals surface area contributed by atoms with Gasteiger partial charge in [-0.3, -0.25) is 9.48 Å². The molecule has 0 saturated carbocycles. The summed E-state index contributed by atoms with van der Waals surface area (Å²) >= 11 is 3.42. The van der Waals surface area contributed by atoms with E-state index in [-0.39, 0.29) is 5.91 Å². The lowest BCUT2D eigenvalue weighted by Gasteiger charge is -2.16. The van der Waals surface area contributed by atoms with E-state index in [1.54, 1.807) is 10.9 Å². The summed E-state index contributed by atoms with van der Waals surface area (Å²) < 4.78 is 7.91. The highest BCUT2D eigenvalue weighted by atomic mass is 79.9. The van der Waals surface area contributed by atoms with Crippen LogP contribution in [0.2, 0.25) is 0 Å². The zero-order valence-corrected chi connectivity index (χ0v) is 13.6. The van der Waals surface area contributed by atoms with Gasteiger partial charge in [0.05, 0.1) is 22.9 Å². The van der Waals surface area contributed by atoms with E-state index in [0.717, 1.165) is 40.8 Å². The minimum atomic E-state index is -0.192. The summed E-state index contributed by atoms with van der Waals surface area (Å²) in [5.74, 6) is 1.23. The van der Waals surface area contributed by atoms with Gasteiger partial charge in [-0.05, 0) is 34.7 Å². The van der Waals surface area contributed by atoms with Crippen molar-refractivity contribution in [3.63, 3.8) is 0 Å². The van der Waals surface area contributed by atoms with Crippen LogP contribution in [0.5, 0.6) is 0 Å². The van der Waals surface area contributed by atoms with Crippen LogP contribution in [0.1, 0.15) is 40.9 Å². The van der Waals surface area contributed by atoms with Crippen molar-refractivity contribution in [2.45, 2.75) is 32.7 Å². The van der Waals surface area contributed by atoms with Crippen LogP contribution in [0.3, 0.4) is 0 Å². The van der Waals surface area contributed by atoms with Gasteiger partial charge in [0.15, 0.2) is 5.69 Å². The first-order valence-corrected chi connectivity index (χ1v) is 7.77. The van der Waals surface area contributed by atoms with Gasteiger partial charge in [-0.25, -0.2) is 0 Å². The van der Waals surface area contributed by atoms with Crippen molar-refractivity contribution in [2.75, 3.05) is 0 Å². The van der Waals surface area contributed by atoms with E-state index < -0.39 is 0 Å². The Kier molecular flexibility index (Phi) is 3.84. The molecule has 1 aliphatic rings.